The largest absolute Gasteiger partial charge is 0.348 e. The van der Waals surface area contributed by atoms with E-state index < -0.39 is 0 Å². The molecule has 0 aliphatic carbocycles. The van der Waals surface area contributed by atoms with E-state index in [-0.39, 0.29) is 11.8 Å². The van der Waals surface area contributed by atoms with Gasteiger partial charge in [0, 0.05) is 31.4 Å². The summed E-state index contributed by atoms with van der Waals surface area (Å²) >= 11 is 1.45. The third kappa shape index (κ3) is 4.20. The van der Waals surface area contributed by atoms with Crippen molar-refractivity contribution in [1.29, 1.82) is 0 Å². The van der Waals surface area contributed by atoms with Crippen LogP contribution >= 0.6 is 11.8 Å². The summed E-state index contributed by atoms with van der Waals surface area (Å²) in [5.41, 5.74) is 2.24. The maximum Gasteiger partial charge on any atom is 0.254 e. The van der Waals surface area contributed by atoms with Crippen molar-refractivity contribution in [3.63, 3.8) is 0 Å². The number of aromatic nitrogens is 1. The fourth-order valence-electron chi connectivity index (χ4n) is 2.87. The van der Waals surface area contributed by atoms with Crippen molar-refractivity contribution in [3.05, 3.63) is 59.3 Å². The molecule has 1 saturated heterocycles. The molecule has 1 aliphatic rings. The maximum atomic E-state index is 12.3. The molecule has 0 radical (unpaired) electrons. The van der Waals surface area contributed by atoms with Gasteiger partial charge in [0.15, 0.2) is 0 Å². The van der Waals surface area contributed by atoms with Crippen molar-refractivity contribution >= 4 is 23.6 Å². The van der Waals surface area contributed by atoms with Gasteiger partial charge in [-0.3, -0.25) is 9.59 Å². The molecule has 1 aliphatic heterocycles. The number of amides is 2. The minimum absolute atomic E-state index is 0.0908. The van der Waals surface area contributed by atoms with Crippen molar-refractivity contribution in [3.8, 4) is 0 Å². The molecule has 2 heterocycles. The summed E-state index contributed by atoms with van der Waals surface area (Å²) in [4.78, 5) is 30.7. The number of hydrogen-bond acceptors (Lipinski definition) is 4. The number of thioether (sulfide) groups is 1. The van der Waals surface area contributed by atoms with Crippen LogP contribution in [0.5, 0.6) is 0 Å². The number of hydrogen-bond donors (Lipinski definition) is 1. The molecule has 1 N–H and O–H groups in total. The first-order valence-corrected chi connectivity index (χ1v) is 9.57. The maximum absolute atomic E-state index is 12.3. The zero-order chi connectivity index (χ0) is 17.6. The van der Waals surface area contributed by atoms with Crippen molar-refractivity contribution in [1.82, 2.24) is 15.2 Å². The average Bonchev–Trinajstić information content (AvgIpc) is 3.20. The van der Waals surface area contributed by atoms with Crippen molar-refractivity contribution in [2.24, 2.45) is 0 Å². The van der Waals surface area contributed by atoms with E-state index in [1.165, 1.54) is 11.8 Å². The van der Waals surface area contributed by atoms with Gasteiger partial charge in [0.25, 0.3) is 11.8 Å². The van der Waals surface area contributed by atoms with Crippen LogP contribution in [-0.4, -0.2) is 41.0 Å². The molecule has 3 rings (SSSR count). The lowest BCUT2D eigenvalue weighted by Gasteiger charge is -2.15. The minimum atomic E-state index is -0.144. The molecule has 0 spiro atoms. The molecule has 5 nitrogen and oxygen atoms in total. The number of nitrogens with zero attached hydrogens (tertiary/aromatic N) is 2. The Hall–Kier alpha value is -2.34. The molecular weight excluding hydrogens is 334 g/mol. The number of pyridine rings is 1. The van der Waals surface area contributed by atoms with Gasteiger partial charge in [-0.15, -0.1) is 11.8 Å². The first-order valence-electron chi connectivity index (χ1n) is 8.34. The standard InChI is InChI=1S/C19H21N3O2S/c1-25-18-16(5-4-10-20-18)17(23)21-13-14-6-8-15(9-7-14)19(24)22-11-2-3-12-22/h4-10H,2-3,11-13H2,1H3,(H,21,23). The summed E-state index contributed by atoms with van der Waals surface area (Å²) in [5.74, 6) is -0.0530. The number of nitrogens with one attached hydrogen (secondary N) is 1. The minimum Gasteiger partial charge on any atom is -0.348 e. The van der Waals surface area contributed by atoms with Crippen LogP contribution in [0.15, 0.2) is 47.6 Å². The first kappa shape index (κ1) is 17.5. The van der Waals surface area contributed by atoms with E-state index in [0.29, 0.717) is 22.7 Å². The number of rotatable bonds is 5. The Labute approximate surface area is 151 Å². The van der Waals surface area contributed by atoms with E-state index in [9.17, 15) is 9.59 Å². The fraction of sp³-hybridized carbons (Fsp3) is 0.316. The van der Waals surface area contributed by atoms with Crippen LogP contribution in [0, 0.1) is 0 Å². The molecule has 130 valence electrons. The predicted molar refractivity (Wildman–Crippen MR) is 98.8 cm³/mol. The monoisotopic (exact) mass is 355 g/mol. The van der Waals surface area contributed by atoms with E-state index in [1.54, 1.807) is 18.3 Å². The van der Waals surface area contributed by atoms with Gasteiger partial charge in [-0.1, -0.05) is 12.1 Å². The third-order valence-electron chi connectivity index (χ3n) is 4.26. The second kappa shape index (κ2) is 8.16. The van der Waals surface area contributed by atoms with Gasteiger partial charge in [-0.2, -0.15) is 0 Å². The van der Waals surface area contributed by atoms with Crippen LogP contribution in [0.1, 0.15) is 39.1 Å². The fourth-order valence-corrected chi connectivity index (χ4v) is 3.42. The Kier molecular flexibility index (Phi) is 5.71. The summed E-state index contributed by atoms with van der Waals surface area (Å²) in [5, 5.41) is 3.62. The molecule has 0 bridgehead atoms. The Morgan fingerprint density at radius 1 is 1.16 bits per heavy atom. The number of benzene rings is 1. The lowest BCUT2D eigenvalue weighted by Crippen LogP contribution is -2.27. The van der Waals surface area contributed by atoms with Gasteiger partial charge in [-0.05, 0) is 48.9 Å². The van der Waals surface area contributed by atoms with Gasteiger partial charge >= 0.3 is 0 Å². The first-order chi connectivity index (χ1) is 12.2. The van der Waals surface area contributed by atoms with Crippen LogP contribution in [0.2, 0.25) is 0 Å². The zero-order valence-corrected chi connectivity index (χ0v) is 15.0. The van der Waals surface area contributed by atoms with Crippen LogP contribution < -0.4 is 5.32 Å². The summed E-state index contributed by atoms with van der Waals surface area (Å²) < 4.78 is 0. The molecule has 6 heteroatoms. The molecule has 0 unspecified atom stereocenters. The molecule has 0 atom stereocenters. The van der Waals surface area contributed by atoms with Gasteiger partial charge in [0.1, 0.15) is 5.03 Å². The van der Waals surface area contributed by atoms with Crippen molar-refractivity contribution in [2.75, 3.05) is 19.3 Å². The highest BCUT2D eigenvalue weighted by Crippen LogP contribution is 2.17. The molecule has 1 aromatic carbocycles. The Balaban J connectivity index is 1.60. The normalized spacial score (nSPS) is 13.7. The second-order valence-electron chi connectivity index (χ2n) is 5.94. The smallest absolute Gasteiger partial charge is 0.254 e. The van der Waals surface area contributed by atoms with Gasteiger partial charge in [0.2, 0.25) is 0 Å². The van der Waals surface area contributed by atoms with Crippen LogP contribution in [-0.2, 0) is 6.54 Å². The van der Waals surface area contributed by atoms with E-state index >= 15 is 0 Å². The highest BCUT2D eigenvalue weighted by molar-refractivity contribution is 7.98. The van der Waals surface area contributed by atoms with E-state index in [0.717, 1.165) is 31.5 Å². The highest BCUT2D eigenvalue weighted by Gasteiger charge is 2.19. The van der Waals surface area contributed by atoms with Gasteiger partial charge in [-0.25, -0.2) is 4.98 Å². The van der Waals surface area contributed by atoms with E-state index in [2.05, 4.69) is 10.3 Å². The van der Waals surface area contributed by atoms with Gasteiger partial charge < -0.3 is 10.2 Å². The average molecular weight is 355 g/mol. The number of likely N-dealkylation sites (tertiary alicyclic amines) is 1. The Morgan fingerprint density at radius 2 is 1.88 bits per heavy atom. The quantitative estimate of drug-likeness (QED) is 0.838. The summed E-state index contributed by atoms with van der Waals surface area (Å²) in [6, 6.07) is 11.0. The second-order valence-corrected chi connectivity index (χ2v) is 6.73. The molecule has 2 amide bonds. The Bertz CT molecular complexity index is 756. The van der Waals surface area contributed by atoms with Crippen LogP contribution in [0.4, 0.5) is 0 Å². The predicted octanol–water partition coefficient (Wildman–Crippen LogP) is 2.97. The number of carbonyl (C=O) groups is 2. The van der Waals surface area contributed by atoms with Gasteiger partial charge in [0.05, 0.1) is 5.56 Å². The summed E-state index contributed by atoms with van der Waals surface area (Å²) in [7, 11) is 0. The molecule has 2 aromatic rings. The molecular formula is C19H21N3O2S. The van der Waals surface area contributed by atoms with E-state index in [4.69, 9.17) is 0 Å². The summed E-state index contributed by atoms with van der Waals surface area (Å²) in [6.45, 7) is 2.11. The van der Waals surface area contributed by atoms with Crippen LogP contribution in [0.3, 0.4) is 0 Å². The lowest BCUT2D eigenvalue weighted by atomic mass is 10.1. The topological polar surface area (TPSA) is 62.3 Å². The van der Waals surface area contributed by atoms with Crippen molar-refractivity contribution < 1.29 is 9.59 Å². The van der Waals surface area contributed by atoms with Crippen molar-refractivity contribution in [2.45, 2.75) is 24.4 Å². The highest BCUT2D eigenvalue weighted by atomic mass is 32.2. The Morgan fingerprint density at radius 3 is 2.56 bits per heavy atom. The SMILES string of the molecule is CSc1ncccc1C(=O)NCc1ccc(C(=O)N2CCCC2)cc1. The zero-order valence-electron chi connectivity index (χ0n) is 14.2. The summed E-state index contributed by atoms with van der Waals surface area (Å²) in [6.07, 6.45) is 5.75. The third-order valence-corrected chi connectivity index (χ3v) is 4.97. The van der Waals surface area contributed by atoms with E-state index in [1.807, 2.05) is 35.4 Å². The molecule has 0 saturated carbocycles. The molecule has 1 aromatic heterocycles. The number of carbonyl (C=O) groups excluding carboxylic acids is 2. The lowest BCUT2D eigenvalue weighted by molar-refractivity contribution is 0.0792. The molecule has 25 heavy (non-hydrogen) atoms. The van der Waals surface area contributed by atoms with Crippen LogP contribution in [0.25, 0.3) is 0 Å². The molecule has 1 fully saturated rings.